The fourth-order valence-corrected chi connectivity index (χ4v) is 2.72. The first-order chi connectivity index (χ1) is 12.5. The van der Waals surface area contributed by atoms with Gasteiger partial charge in [-0.2, -0.15) is 18.3 Å². The predicted molar refractivity (Wildman–Crippen MR) is 93.3 cm³/mol. The maximum absolute atomic E-state index is 12.9. The van der Waals surface area contributed by atoms with Gasteiger partial charge in [-0.25, -0.2) is 4.98 Å². The molecule has 3 rings (SSSR count). The van der Waals surface area contributed by atoms with E-state index in [4.69, 9.17) is 5.73 Å². The lowest BCUT2D eigenvalue weighted by atomic mass is 10.1. The fourth-order valence-electron chi connectivity index (χ4n) is 2.72. The van der Waals surface area contributed by atoms with Crippen molar-refractivity contribution in [2.45, 2.75) is 38.4 Å². The Morgan fingerprint density at radius 3 is 2.58 bits per heavy atom. The van der Waals surface area contributed by atoms with E-state index in [-0.39, 0.29) is 5.52 Å². The summed E-state index contributed by atoms with van der Waals surface area (Å²) < 4.78 is 40.4. The highest BCUT2D eigenvalue weighted by molar-refractivity contribution is 5.77. The van der Waals surface area contributed by atoms with E-state index < -0.39 is 11.7 Å². The molecular formula is C18H20F3N5. The number of nitrogens with two attached hydrogens (primary N) is 1. The molecule has 5 nitrogen and oxygen atoms in total. The van der Waals surface area contributed by atoms with Crippen LogP contribution in [0.3, 0.4) is 0 Å². The van der Waals surface area contributed by atoms with Crippen molar-refractivity contribution in [1.82, 2.24) is 19.7 Å². The highest BCUT2D eigenvalue weighted by atomic mass is 19.4. The van der Waals surface area contributed by atoms with Crippen LogP contribution in [0.1, 0.15) is 31.2 Å². The van der Waals surface area contributed by atoms with Gasteiger partial charge in [-0.05, 0) is 37.6 Å². The first-order valence-electron chi connectivity index (χ1n) is 8.54. The molecule has 8 heteroatoms. The molecule has 0 saturated heterocycles. The Bertz CT molecular complexity index is 873. The topological polar surface area (TPSA) is 69.6 Å². The molecule has 0 bridgehead atoms. The smallest absolute Gasteiger partial charge is 0.330 e. The second-order valence-corrected chi connectivity index (χ2v) is 6.15. The van der Waals surface area contributed by atoms with Crippen LogP contribution < -0.4 is 5.73 Å². The number of halogens is 3. The number of unbranched alkanes of at least 4 members (excludes halogenated alkanes) is 3. The third-order valence-corrected chi connectivity index (χ3v) is 4.14. The Morgan fingerprint density at radius 1 is 1.00 bits per heavy atom. The minimum Gasteiger partial charge on any atom is -0.330 e. The number of aromatic nitrogens is 4. The van der Waals surface area contributed by atoms with E-state index in [2.05, 4.69) is 15.1 Å². The van der Waals surface area contributed by atoms with Crippen molar-refractivity contribution in [3.63, 3.8) is 0 Å². The molecular weight excluding hydrogens is 343 g/mol. The molecule has 0 radical (unpaired) electrons. The molecule has 0 atom stereocenters. The number of rotatable bonds is 7. The average Bonchev–Trinajstić information content (AvgIpc) is 3.09. The zero-order valence-electron chi connectivity index (χ0n) is 14.2. The predicted octanol–water partition coefficient (Wildman–Crippen LogP) is 4.03. The number of hydrogen-bond donors (Lipinski definition) is 1. The first kappa shape index (κ1) is 18.3. The molecule has 2 aromatic heterocycles. The van der Waals surface area contributed by atoms with Gasteiger partial charge in [-0.1, -0.05) is 12.8 Å². The van der Waals surface area contributed by atoms with Gasteiger partial charge >= 0.3 is 6.18 Å². The summed E-state index contributed by atoms with van der Waals surface area (Å²) in [5.74, 6) is 0. The normalized spacial score (nSPS) is 12.0. The van der Waals surface area contributed by atoms with Crippen molar-refractivity contribution >= 4 is 11.0 Å². The van der Waals surface area contributed by atoms with Crippen molar-refractivity contribution in [2.24, 2.45) is 5.73 Å². The van der Waals surface area contributed by atoms with E-state index in [1.54, 1.807) is 12.4 Å². The number of alkyl halides is 3. The van der Waals surface area contributed by atoms with E-state index in [9.17, 15) is 13.2 Å². The minimum absolute atomic E-state index is 0.215. The summed E-state index contributed by atoms with van der Waals surface area (Å²) in [4.78, 5) is 8.53. The van der Waals surface area contributed by atoms with Crippen LogP contribution in [0.15, 0.2) is 36.8 Å². The lowest BCUT2D eigenvalue weighted by Gasteiger charge is -2.07. The van der Waals surface area contributed by atoms with Crippen LogP contribution in [-0.2, 0) is 12.7 Å². The third kappa shape index (κ3) is 4.37. The van der Waals surface area contributed by atoms with Gasteiger partial charge in [-0.15, -0.1) is 0 Å². The Balaban J connectivity index is 1.75. The van der Waals surface area contributed by atoms with Crippen molar-refractivity contribution in [1.29, 1.82) is 0 Å². The fraction of sp³-hybridized carbons (Fsp3) is 0.389. The first-order valence-corrected chi connectivity index (χ1v) is 8.54. The van der Waals surface area contributed by atoms with Crippen molar-refractivity contribution in [2.75, 3.05) is 6.54 Å². The Labute approximate surface area is 149 Å². The molecule has 0 amide bonds. The molecule has 0 spiro atoms. The summed E-state index contributed by atoms with van der Waals surface area (Å²) in [6, 6.07) is 3.37. The molecule has 2 N–H and O–H groups in total. The van der Waals surface area contributed by atoms with E-state index in [1.165, 1.54) is 6.07 Å². The van der Waals surface area contributed by atoms with Crippen LogP contribution in [0.2, 0.25) is 0 Å². The third-order valence-electron chi connectivity index (χ3n) is 4.14. The summed E-state index contributed by atoms with van der Waals surface area (Å²) in [7, 11) is 0. The number of fused-ring (bicyclic) bond motifs is 1. The highest BCUT2D eigenvalue weighted by Crippen LogP contribution is 2.31. The summed E-state index contributed by atoms with van der Waals surface area (Å²) in [5.41, 5.74) is 6.62. The number of nitrogens with zero attached hydrogens (tertiary/aromatic N) is 4. The SMILES string of the molecule is NCCCCCCn1cc(-c2cnc3ccc(C(F)(F)F)cc3n2)cn1. The van der Waals surface area contributed by atoms with Gasteiger partial charge < -0.3 is 5.73 Å². The molecule has 0 aliphatic carbocycles. The summed E-state index contributed by atoms with van der Waals surface area (Å²) in [5, 5.41) is 4.29. The van der Waals surface area contributed by atoms with Gasteiger partial charge in [-0.3, -0.25) is 9.67 Å². The second kappa shape index (κ2) is 7.82. The van der Waals surface area contributed by atoms with Gasteiger partial charge in [0, 0.05) is 18.3 Å². The largest absolute Gasteiger partial charge is 0.416 e. The average molecular weight is 363 g/mol. The van der Waals surface area contributed by atoms with Gasteiger partial charge in [0.1, 0.15) is 0 Å². The van der Waals surface area contributed by atoms with Crippen molar-refractivity contribution in [3.05, 3.63) is 42.4 Å². The van der Waals surface area contributed by atoms with Gasteiger partial charge in [0.25, 0.3) is 0 Å². The van der Waals surface area contributed by atoms with Crippen molar-refractivity contribution in [3.8, 4) is 11.3 Å². The molecule has 0 saturated carbocycles. The summed E-state index contributed by atoms with van der Waals surface area (Å²) in [6.45, 7) is 1.49. The Hall–Kier alpha value is -2.48. The zero-order valence-corrected chi connectivity index (χ0v) is 14.2. The Morgan fingerprint density at radius 2 is 1.81 bits per heavy atom. The van der Waals surface area contributed by atoms with Gasteiger partial charge in [0.05, 0.1) is 34.7 Å². The molecule has 3 aromatic rings. The van der Waals surface area contributed by atoms with Crippen LogP contribution in [0, 0.1) is 0 Å². The summed E-state index contributed by atoms with van der Waals surface area (Å²) >= 11 is 0. The van der Waals surface area contributed by atoms with Crippen LogP contribution in [0.5, 0.6) is 0 Å². The van der Waals surface area contributed by atoms with E-state index in [0.717, 1.165) is 49.9 Å². The zero-order chi connectivity index (χ0) is 18.6. The highest BCUT2D eigenvalue weighted by Gasteiger charge is 2.30. The minimum atomic E-state index is -4.40. The monoisotopic (exact) mass is 363 g/mol. The molecule has 0 unspecified atom stereocenters. The van der Waals surface area contributed by atoms with Crippen LogP contribution in [-0.4, -0.2) is 26.3 Å². The van der Waals surface area contributed by atoms with Crippen LogP contribution in [0.25, 0.3) is 22.3 Å². The standard InChI is InChI=1S/C18H20F3N5/c19-18(20,21)14-5-6-15-16(9-14)25-17(11-23-15)13-10-24-26(12-13)8-4-2-1-3-7-22/h5-6,9-12H,1-4,7-8,22H2. The lowest BCUT2D eigenvalue weighted by molar-refractivity contribution is -0.137. The number of hydrogen-bond acceptors (Lipinski definition) is 4. The molecule has 0 fully saturated rings. The Kier molecular flexibility index (Phi) is 5.51. The number of benzene rings is 1. The molecule has 1 aromatic carbocycles. The second-order valence-electron chi connectivity index (χ2n) is 6.15. The molecule has 26 heavy (non-hydrogen) atoms. The van der Waals surface area contributed by atoms with Crippen LogP contribution in [0.4, 0.5) is 13.2 Å². The molecule has 0 aliphatic heterocycles. The van der Waals surface area contributed by atoms with E-state index in [1.807, 2.05) is 10.9 Å². The number of aryl methyl sites for hydroxylation is 1. The van der Waals surface area contributed by atoms with Crippen LogP contribution >= 0.6 is 0 Å². The maximum Gasteiger partial charge on any atom is 0.416 e. The van der Waals surface area contributed by atoms with E-state index in [0.29, 0.717) is 17.8 Å². The molecule has 2 heterocycles. The van der Waals surface area contributed by atoms with Gasteiger partial charge in [0.2, 0.25) is 0 Å². The van der Waals surface area contributed by atoms with E-state index >= 15 is 0 Å². The lowest BCUT2D eigenvalue weighted by Crippen LogP contribution is -2.04. The van der Waals surface area contributed by atoms with Gasteiger partial charge in [0.15, 0.2) is 0 Å². The summed E-state index contributed by atoms with van der Waals surface area (Å²) in [6.07, 6.45) is 4.86. The van der Waals surface area contributed by atoms with Crippen molar-refractivity contribution < 1.29 is 13.2 Å². The molecule has 0 aliphatic rings. The molecule has 138 valence electrons. The maximum atomic E-state index is 12.9. The quantitative estimate of drug-likeness (QED) is 0.644.